The van der Waals surface area contributed by atoms with E-state index in [0.29, 0.717) is 0 Å². The first-order valence-electron chi connectivity index (χ1n) is 21.1. The van der Waals surface area contributed by atoms with Gasteiger partial charge in [-0.1, -0.05) is 188 Å². The Bertz CT molecular complexity index is 3490. The van der Waals surface area contributed by atoms with E-state index < -0.39 is 0 Å². The van der Waals surface area contributed by atoms with Crippen LogP contribution in [0.2, 0.25) is 0 Å². The van der Waals surface area contributed by atoms with Crippen LogP contribution in [0.15, 0.2) is 229 Å². The summed E-state index contributed by atoms with van der Waals surface area (Å²) in [7, 11) is 0. The lowest BCUT2D eigenvalue weighted by atomic mass is 9.70. The fourth-order valence-corrected chi connectivity index (χ4v) is 10.8. The lowest BCUT2D eigenvalue weighted by molar-refractivity contribution is 0.672. The van der Waals surface area contributed by atoms with Crippen LogP contribution in [-0.2, 0) is 5.41 Å². The summed E-state index contributed by atoms with van der Waals surface area (Å²) in [5, 5.41) is 4.46. The van der Waals surface area contributed by atoms with Crippen molar-refractivity contribution in [1.82, 2.24) is 0 Å². The average Bonchev–Trinajstić information content (AvgIpc) is 3.97. The minimum Gasteiger partial charge on any atom is -0.455 e. The largest absolute Gasteiger partial charge is 0.455 e. The molecule has 284 valence electrons. The Hall–Kier alpha value is -7.94. The summed E-state index contributed by atoms with van der Waals surface area (Å²) >= 11 is 0. The van der Waals surface area contributed by atoms with Gasteiger partial charge in [0.1, 0.15) is 11.2 Å². The number of nitrogens with zero attached hydrogens (tertiary/aromatic N) is 1. The molecule has 0 bridgehead atoms. The van der Waals surface area contributed by atoms with Gasteiger partial charge in [-0.25, -0.2) is 0 Å². The maximum absolute atomic E-state index is 6.51. The van der Waals surface area contributed by atoms with E-state index in [0.717, 1.165) is 49.8 Å². The molecule has 0 atom stereocenters. The maximum Gasteiger partial charge on any atom is 0.143 e. The van der Waals surface area contributed by atoms with Crippen molar-refractivity contribution in [2.75, 3.05) is 4.90 Å². The van der Waals surface area contributed by atoms with Crippen LogP contribution in [0.5, 0.6) is 0 Å². The Labute approximate surface area is 354 Å². The normalized spacial score (nSPS) is 13.0. The van der Waals surface area contributed by atoms with Gasteiger partial charge in [0.05, 0.1) is 11.1 Å². The van der Waals surface area contributed by atoms with Gasteiger partial charge in [0.2, 0.25) is 0 Å². The van der Waals surface area contributed by atoms with Gasteiger partial charge in [0, 0.05) is 32.9 Å². The second-order valence-electron chi connectivity index (χ2n) is 16.3. The quantitative estimate of drug-likeness (QED) is 0.173. The van der Waals surface area contributed by atoms with Crippen molar-refractivity contribution in [1.29, 1.82) is 0 Å². The molecule has 1 heterocycles. The highest BCUT2D eigenvalue weighted by molar-refractivity contribution is 6.19. The Kier molecular flexibility index (Phi) is 7.26. The molecule has 0 N–H and O–H groups in total. The Morgan fingerprint density at radius 3 is 1.56 bits per heavy atom. The summed E-state index contributed by atoms with van der Waals surface area (Å²) in [6.45, 7) is 0. The number of hydrogen-bond acceptors (Lipinski definition) is 2. The van der Waals surface area contributed by atoms with E-state index in [4.69, 9.17) is 4.42 Å². The van der Waals surface area contributed by atoms with Crippen LogP contribution in [-0.4, -0.2) is 0 Å². The molecule has 11 aromatic rings. The van der Waals surface area contributed by atoms with Crippen LogP contribution in [0.25, 0.3) is 77.2 Å². The SMILES string of the molecule is c1ccc(N(c2ccc(-c3ccccc3-c3cccc4c3-c3ccccc3C43c4ccccc4-c4ccccc43)cc2)c2cc3c4ccccc4oc3c3ccccc23)cc1. The molecule has 13 rings (SSSR count). The third-order valence-corrected chi connectivity index (χ3v) is 13.3. The highest BCUT2D eigenvalue weighted by atomic mass is 16.3. The predicted molar refractivity (Wildman–Crippen MR) is 253 cm³/mol. The van der Waals surface area contributed by atoms with Crippen molar-refractivity contribution >= 4 is 49.8 Å². The van der Waals surface area contributed by atoms with Crippen molar-refractivity contribution < 1.29 is 4.42 Å². The fourth-order valence-electron chi connectivity index (χ4n) is 10.8. The second-order valence-corrected chi connectivity index (χ2v) is 16.3. The van der Waals surface area contributed by atoms with Crippen molar-refractivity contribution in [3.8, 4) is 44.5 Å². The lowest BCUT2D eigenvalue weighted by Gasteiger charge is -2.30. The molecule has 0 unspecified atom stereocenters. The molecule has 0 fully saturated rings. The second kappa shape index (κ2) is 13.0. The molecular formula is C59H37NO. The standard InChI is InChI=1S/C59H37NO/c1-2-17-39(18-3-1)60(55-37-50-46-24-11-15-32-56(46)61-58(50)48-25-7-6-23-45(48)55)40-35-33-38(34-36-40)41-19-4-5-20-42(41)47-27-16-31-54-57(47)49-26-10-14-30-53(49)59(54)51-28-12-8-21-43(51)44-22-9-13-29-52(44)59/h1-37H. The van der Waals surface area contributed by atoms with Crippen LogP contribution in [0.3, 0.4) is 0 Å². The van der Waals surface area contributed by atoms with Crippen LogP contribution >= 0.6 is 0 Å². The van der Waals surface area contributed by atoms with E-state index in [1.165, 1.54) is 66.8 Å². The van der Waals surface area contributed by atoms with Gasteiger partial charge in [0.25, 0.3) is 0 Å². The van der Waals surface area contributed by atoms with Crippen LogP contribution in [0, 0.1) is 0 Å². The highest BCUT2D eigenvalue weighted by Gasteiger charge is 2.52. The summed E-state index contributed by atoms with van der Waals surface area (Å²) < 4.78 is 6.51. The van der Waals surface area contributed by atoms with Gasteiger partial charge in [-0.2, -0.15) is 0 Å². The van der Waals surface area contributed by atoms with Crippen LogP contribution in [0.4, 0.5) is 17.1 Å². The predicted octanol–water partition coefficient (Wildman–Crippen LogP) is 15.9. The zero-order valence-electron chi connectivity index (χ0n) is 33.2. The summed E-state index contributed by atoms with van der Waals surface area (Å²) in [6, 6.07) is 82.1. The van der Waals surface area contributed by atoms with Gasteiger partial charge in [-0.15, -0.1) is 0 Å². The average molecular weight is 776 g/mol. The summed E-state index contributed by atoms with van der Waals surface area (Å²) in [5.74, 6) is 0. The summed E-state index contributed by atoms with van der Waals surface area (Å²) in [6.07, 6.45) is 0. The molecule has 0 saturated carbocycles. The number of anilines is 3. The van der Waals surface area contributed by atoms with E-state index in [2.05, 4.69) is 223 Å². The number of para-hydroxylation sites is 2. The van der Waals surface area contributed by atoms with Crippen molar-refractivity contribution in [2.45, 2.75) is 5.41 Å². The van der Waals surface area contributed by atoms with Crippen molar-refractivity contribution in [3.63, 3.8) is 0 Å². The molecule has 1 aromatic heterocycles. The summed E-state index contributed by atoms with van der Waals surface area (Å²) in [4.78, 5) is 2.39. The molecule has 61 heavy (non-hydrogen) atoms. The number of fused-ring (bicyclic) bond motifs is 15. The first-order chi connectivity index (χ1) is 30.3. The van der Waals surface area contributed by atoms with Crippen molar-refractivity contribution in [3.05, 3.63) is 247 Å². The molecule has 2 aliphatic rings. The monoisotopic (exact) mass is 775 g/mol. The Morgan fingerprint density at radius 2 is 0.836 bits per heavy atom. The minimum absolute atomic E-state index is 0.386. The smallest absolute Gasteiger partial charge is 0.143 e. The molecule has 10 aromatic carbocycles. The summed E-state index contributed by atoms with van der Waals surface area (Å²) in [5.41, 5.74) is 20.3. The number of furan rings is 1. The molecule has 0 radical (unpaired) electrons. The molecule has 0 aliphatic heterocycles. The molecule has 0 amide bonds. The zero-order valence-corrected chi connectivity index (χ0v) is 33.2. The minimum atomic E-state index is -0.386. The molecule has 0 saturated heterocycles. The van der Waals surface area contributed by atoms with Crippen molar-refractivity contribution in [2.24, 2.45) is 0 Å². The van der Waals surface area contributed by atoms with Crippen LogP contribution in [0.1, 0.15) is 22.3 Å². The molecule has 2 nitrogen and oxygen atoms in total. The third-order valence-electron chi connectivity index (χ3n) is 13.3. The van der Waals surface area contributed by atoms with Gasteiger partial charge in [-0.05, 0) is 103 Å². The first kappa shape index (κ1) is 34.0. The van der Waals surface area contributed by atoms with Gasteiger partial charge >= 0.3 is 0 Å². The van der Waals surface area contributed by atoms with Crippen LogP contribution < -0.4 is 4.90 Å². The molecule has 2 aliphatic carbocycles. The molecular weight excluding hydrogens is 739 g/mol. The van der Waals surface area contributed by atoms with E-state index >= 15 is 0 Å². The fraction of sp³-hybridized carbons (Fsp3) is 0.0169. The van der Waals surface area contributed by atoms with Gasteiger partial charge in [-0.3, -0.25) is 0 Å². The van der Waals surface area contributed by atoms with E-state index in [1.54, 1.807) is 0 Å². The maximum atomic E-state index is 6.51. The van der Waals surface area contributed by atoms with E-state index in [1.807, 2.05) is 6.07 Å². The van der Waals surface area contributed by atoms with Gasteiger partial charge < -0.3 is 9.32 Å². The first-order valence-corrected chi connectivity index (χ1v) is 21.1. The molecule has 1 spiro atoms. The molecule has 2 heteroatoms. The Balaban J connectivity index is 0.981. The van der Waals surface area contributed by atoms with E-state index in [9.17, 15) is 0 Å². The number of hydrogen-bond donors (Lipinski definition) is 0. The third kappa shape index (κ3) is 4.73. The topological polar surface area (TPSA) is 16.4 Å². The number of benzene rings is 10. The lowest BCUT2D eigenvalue weighted by Crippen LogP contribution is -2.25. The van der Waals surface area contributed by atoms with Gasteiger partial charge in [0.15, 0.2) is 0 Å². The highest BCUT2D eigenvalue weighted by Crippen LogP contribution is 2.64. The zero-order chi connectivity index (χ0) is 40.1. The Morgan fingerprint density at radius 1 is 0.328 bits per heavy atom. The van der Waals surface area contributed by atoms with E-state index in [-0.39, 0.29) is 5.41 Å². The number of rotatable bonds is 5.